The van der Waals surface area contributed by atoms with Gasteiger partial charge in [-0.05, 0) is 19.1 Å². The van der Waals surface area contributed by atoms with E-state index >= 15 is 0 Å². The summed E-state index contributed by atoms with van der Waals surface area (Å²) in [5.74, 6) is -0.00948. The van der Waals surface area contributed by atoms with Crippen LogP contribution in [0.15, 0.2) is 42.6 Å². The molecule has 0 radical (unpaired) electrons. The van der Waals surface area contributed by atoms with E-state index in [2.05, 4.69) is 11.1 Å². The summed E-state index contributed by atoms with van der Waals surface area (Å²) in [4.78, 5) is 15.7. The summed E-state index contributed by atoms with van der Waals surface area (Å²) in [6.07, 6.45) is 1.57. The van der Waals surface area contributed by atoms with Crippen molar-refractivity contribution >= 4 is 5.78 Å². The van der Waals surface area contributed by atoms with Gasteiger partial charge in [0.25, 0.3) is 0 Å². The Morgan fingerprint density at radius 1 is 1.29 bits per heavy atom. The summed E-state index contributed by atoms with van der Waals surface area (Å²) < 4.78 is 0. The Balaban J connectivity index is 2.61. The first-order chi connectivity index (χ1) is 8.22. The predicted molar refractivity (Wildman–Crippen MR) is 64.4 cm³/mol. The van der Waals surface area contributed by atoms with Gasteiger partial charge in [0.2, 0.25) is 0 Å². The summed E-state index contributed by atoms with van der Waals surface area (Å²) in [5, 5.41) is 8.84. The molecule has 0 spiro atoms. The van der Waals surface area contributed by atoms with Crippen molar-refractivity contribution in [3.05, 3.63) is 53.7 Å². The van der Waals surface area contributed by atoms with Crippen molar-refractivity contribution in [2.45, 2.75) is 6.92 Å². The lowest BCUT2D eigenvalue weighted by molar-refractivity contribution is 0.101. The number of aromatic nitrogens is 1. The van der Waals surface area contributed by atoms with E-state index in [9.17, 15) is 4.79 Å². The van der Waals surface area contributed by atoms with Crippen LogP contribution in [0.1, 0.15) is 22.8 Å². The Morgan fingerprint density at radius 3 is 2.76 bits per heavy atom. The maximum atomic E-state index is 11.5. The molecular weight excluding hydrogens is 212 g/mol. The van der Waals surface area contributed by atoms with E-state index in [1.54, 1.807) is 24.4 Å². The number of Topliss-reactive ketones (excluding diaryl/α,β-unsaturated/α-hetero) is 1. The second-order valence-corrected chi connectivity index (χ2v) is 3.64. The van der Waals surface area contributed by atoms with E-state index in [1.165, 1.54) is 6.92 Å². The third-order valence-electron chi connectivity index (χ3n) is 2.47. The van der Waals surface area contributed by atoms with Crippen LogP contribution in [0, 0.1) is 11.3 Å². The fraction of sp³-hybridized carbons (Fsp3) is 0.0714. The molecule has 1 aromatic carbocycles. The van der Waals surface area contributed by atoms with Gasteiger partial charge in [0.1, 0.15) is 0 Å². The first kappa shape index (κ1) is 11.0. The van der Waals surface area contributed by atoms with Crippen molar-refractivity contribution in [2.24, 2.45) is 0 Å². The molecule has 3 heteroatoms. The minimum Gasteiger partial charge on any atom is -0.294 e. The van der Waals surface area contributed by atoms with Crippen molar-refractivity contribution in [3.8, 4) is 17.3 Å². The fourth-order valence-corrected chi connectivity index (χ4v) is 1.66. The Morgan fingerprint density at radius 2 is 2.06 bits per heavy atom. The molecule has 0 aliphatic rings. The molecule has 3 nitrogen and oxygen atoms in total. The second-order valence-electron chi connectivity index (χ2n) is 3.64. The standard InChI is InChI=1S/C14H10N2O/c1-10(17)12-4-2-3-5-13(12)14-8-11(9-15)6-7-16-14/h2-8H,1H3. The molecular formula is C14H10N2O. The van der Waals surface area contributed by atoms with Crippen molar-refractivity contribution in [3.63, 3.8) is 0 Å². The van der Waals surface area contributed by atoms with Crippen molar-refractivity contribution in [1.29, 1.82) is 5.26 Å². The Labute approximate surface area is 99.4 Å². The summed E-state index contributed by atoms with van der Waals surface area (Å²) in [5.41, 5.74) is 2.57. The number of carbonyl (C=O) groups is 1. The molecule has 0 atom stereocenters. The minimum atomic E-state index is -0.00948. The third kappa shape index (κ3) is 2.21. The molecule has 0 amide bonds. The first-order valence-corrected chi connectivity index (χ1v) is 5.19. The van der Waals surface area contributed by atoms with Crippen LogP contribution in [-0.2, 0) is 0 Å². The number of rotatable bonds is 2. The van der Waals surface area contributed by atoms with Gasteiger partial charge in [0.15, 0.2) is 5.78 Å². The van der Waals surface area contributed by atoms with Crippen molar-refractivity contribution < 1.29 is 4.79 Å². The molecule has 0 N–H and O–H groups in total. The van der Waals surface area contributed by atoms with Crippen LogP contribution in [-0.4, -0.2) is 10.8 Å². The third-order valence-corrected chi connectivity index (χ3v) is 2.47. The minimum absolute atomic E-state index is 0.00948. The van der Waals surface area contributed by atoms with E-state index in [-0.39, 0.29) is 5.78 Å². The monoisotopic (exact) mass is 222 g/mol. The van der Waals surface area contributed by atoms with Gasteiger partial charge in [0, 0.05) is 17.3 Å². The highest BCUT2D eigenvalue weighted by Gasteiger charge is 2.09. The Bertz CT molecular complexity index is 612. The molecule has 0 aliphatic heterocycles. The first-order valence-electron chi connectivity index (χ1n) is 5.19. The summed E-state index contributed by atoms with van der Waals surface area (Å²) in [6.45, 7) is 1.52. The Hall–Kier alpha value is -2.47. The van der Waals surface area contributed by atoms with Gasteiger partial charge in [-0.3, -0.25) is 9.78 Å². The van der Waals surface area contributed by atoms with E-state index in [0.29, 0.717) is 16.8 Å². The lowest BCUT2D eigenvalue weighted by Gasteiger charge is -2.05. The van der Waals surface area contributed by atoms with Crippen LogP contribution >= 0.6 is 0 Å². The van der Waals surface area contributed by atoms with Crippen LogP contribution in [0.2, 0.25) is 0 Å². The quantitative estimate of drug-likeness (QED) is 0.734. The second kappa shape index (κ2) is 4.58. The predicted octanol–water partition coefficient (Wildman–Crippen LogP) is 2.82. The highest BCUT2D eigenvalue weighted by molar-refractivity contribution is 6.00. The van der Waals surface area contributed by atoms with Gasteiger partial charge in [-0.2, -0.15) is 5.26 Å². The summed E-state index contributed by atoms with van der Waals surface area (Å²) in [6, 6.07) is 12.6. The zero-order valence-electron chi connectivity index (χ0n) is 9.34. The van der Waals surface area contributed by atoms with Gasteiger partial charge in [0.05, 0.1) is 17.3 Å². The maximum absolute atomic E-state index is 11.5. The lowest BCUT2D eigenvalue weighted by Crippen LogP contribution is -1.97. The number of ketones is 1. The zero-order valence-corrected chi connectivity index (χ0v) is 9.34. The number of pyridine rings is 1. The molecule has 0 saturated carbocycles. The van der Waals surface area contributed by atoms with E-state index in [1.807, 2.05) is 18.2 Å². The van der Waals surface area contributed by atoms with Crippen LogP contribution in [0.3, 0.4) is 0 Å². The SMILES string of the molecule is CC(=O)c1ccccc1-c1cc(C#N)ccn1. The van der Waals surface area contributed by atoms with Gasteiger partial charge >= 0.3 is 0 Å². The normalized spacial score (nSPS) is 9.65. The average Bonchev–Trinajstić information content (AvgIpc) is 2.39. The molecule has 0 fully saturated rings. The summed E-state index contributed by atoms with van der Waals surface area (Å²) >= 11 is 0. The highest BCUT2D eigenvalue weighted by Crippen LogP contribution is 2.22. The lowest BCUT2D eigenvalue weighted by atomic mass is 10.0. The topological polar surface area (TPSA) is 53.8 Å². The zero-order chi connectivity index (χ0) is 12.3. The van der Waals surface area contributed by atoms with Crippen molar-refractivity contribution in [2.75, 3.05) is 0 Å². The molecule has 0 unspecified atom stereocenters. The smallest absolute Gasteiger partial charge is 0.160 e. The fourth-order valence-electron chi connectivity index (χ4n) is 1.66. The number of carbonyl (C=O) groups excluding carboxylic acids is 1. The highest BCUT2D eigenvalue weighted by atomic mass is 16.1. The molecule has 82 valence electrons. The molecule has 17 heavy (non-hydrogen) atoms. The number of benzene rings is 1. The van der Waals surface area contributed by atoms with Crippen LogP contribution in [0.4, 0.5) is 0 Å². The molecule has 2 rings (SSSR count). The van der Waals surface area contributed by atoms with Gasteiger partial charge in [-0.15, -0.1) is 0 Å². The van der Waals surface area contributed by atoms with E-state index in [4.69, 9.17) is 5.26 Å². The molecule has 2 aromatic rings. The molecule has 1 heterocycles. The largest absolute Gasteiger partial charge is 0.294 e. The average molecular weight is 222 g/mol. The number of hydrogen-bond donors (Lipinski definition) is 0. The van der Waals surface area contributed by atoms with Crippen molar-refractivity contribution in [1.82, 2.24) is 4.98 Å². The summed E-state index contributed by atoms with van der Waals surface area (Å²) in [7, 11) is 0. The van der Waals surface area contributed by atoms with Gasteiger partial charge in [-0.25, -0.2) is 0 Å². The van der Waals surface area contributed by atoms with Crippen LogP contribution in [0.5, 0.6) is 0 Å². The van der Waals surface area contributed by atoms with Crippen LogP contribution < -0.4 is 0 Å². The molecule has 0 saturated heterocycles. The van der Waals surface area contributed by atoms with Gasteiger partial charge in [-0.1, -0.05) is 24.3 Å². The number of nitriles is 1. The number of hydrogen-bond acceptors (Lipinski definition) is 3. The Kier molecular flexibility index (Phi) is 2.97. The van der Waals surface area contributed by atoms with E-state index < -0.39 is 0 Å². The van der Waals surface area contributed by atoms with E-state index in [0.717, 1.165) is 5.56 Å². The molecule has 1 aromatic heterocycles. The molecule has 0 bridgehead atoms. The molecule has 0 aliphatic carbocycles. The number of nitrogens with zero attached hydrogens (tertiary/aromatic N) is 2. The van der Waals surface area contributed by atoms with Crippen LogP contribution in [0.25, 0.3) is 11.3 Å². The van der Waals surface area contributed by atoms with Gasteiger partial charge < -0.3 is 0 Å². The maximum Gasteiger partial charge on any atom is 0.160 e.